The maximum absolute atomic E-state index is 11.5. The Morgan fingerprint density at radius 1 is 1.53 bits per heavy atom. The quantitative estimate of drug-likeness (QED) is 0.556. The van der Waals surface area contributed by atoms with Gasteiger partial charge in [0.25, 0.3) is 0 Å². The van der Waals surface area contributed by atoms with Crippen LogP contribution in [0, 0.1) is 0 Å². The van der Waals surface area contributed by atoms with Crippen molar-refractivity contribution in [1.29, 1.82) is 0 Å². The van der Waals surface area contributed by atoms with Crippen LogP contribution in [0.5, 0.6) is 0 Å². The average Bonchev–Trinajstić information content (AvgIpc) is 2.36. The smallest absolute Gasteiger partial charge is 0.326 e. The zero-order valence-corrected chi connectivity index (χ0v) is 9.50. The Hall–Kier alpha value is -1.72. The van der Waals surface area contributed by atoms with Gasteiger partial charge in [-0.2, -0.15) is 0 Å². The molecule has 0 aliphatic heterocycles. The van der Waals surface area contributed by atoms with Gasteiger partial charge in [0.1, 0.15) is 18.2 Å². The Balaban J connectivity index is 2.53. The van der Waals surface area contributed by atoms with Gasteiger partial charge in [0.15, 0.2) is 6.29 Å². The van der Waals surface area contributed by atoms with E-state index < -0.39 is 17.6 Å². The van der Waals surface area contributed by atoms with Gasteiger partial charge in [0, 0.05) is 0 Å². The van der Waals surface area contributed by atoms with Gasteiger partial charge in [-0.15, -0.1) is 0 Å². The van der Waals surface area contributed by atoms with E-state index in [0.29, 0.717) is 0 Å². The van der Waals surface area contributed by atoms with Crippen molar-refractivity contribution in [1.82, 2.24) is 0 Å². The van der Waals surface area contributed by atoms with Crippen LogP contribution in [0.15, 0.2) is 30.3 Å². The minimum atomic E-state index is -1.91. The molecule has 2 unspecified atom stereocenters. The summed E-state index contributed by atoms with van der Waals surface area (Å²) in [7, 11) is 0. The van der Waals surface area contributed by atoms with E-state index >= 15 is 0 Å². The highest BCUT2D eigenvalue weighted by molar-refractivity contribution is 5.83. The Bertz CT molecular complexity index is 389. The lowest BCUT2D eigenvalue weighted by atomic mass is 9.99. The summed E-state index contributed by atoms with van der Waals surface area (Å²) in [5.41, 5.74) is 4.31. The summed E-state index contributed by atoms with van der Waals surface area (Å²) >= 11 is 0. The van der Waals surface area contributed by atoms with Crippen LogP contribution in [0.25, 0.3) is 0 Å². The molecule has 0 amide bonds. The third-order valence-corrected chi connectivity index (χ3v) is 2.35. The highest BCUT2D eigenvalue weighted by Gasteiger charge is 2.35. The fraction of sp³-hybridized carbons (Fsp3) is 0.333. The van der Waals surface area contributed by atoms with E-state index in [0.717, 1.165) is 12.5 Å². The number of rotatable bonds is 5. The molecular formula is C12H15NO4. The first-order chi connectivity index (χ1) is 7.97. The van der Waals surface area contributed by atoms with E-state index in [-0.39, 0.29) is 12.9 Å². The van der Waals surface area contributed by atoms with Crippen molar-refractivity contribution in [3.05, 3.63) is 35.9 Å². The van der Waals surface area contributed by atoms with Gasteiger partial charge in [-0.3, -0.25) is 4.79 Å². The molecule has 0 fully saturated rings. The van der Waals surface area contributed by atoms with Gasteiger partial charge >= 0.3 is 5.97 Å². The Labute approximate surface area is 99.2 Å². The van der Waals surface area contributed by atoms with Crippen molar-refractivity contribution < 1.29 is 19.4 Å². The first-order valence-electron chi connectivity index (χ1n) is 5.12. The highest BCUT2D eigenvalue weighted by Crippen LogP contribution is 2.08. The fourth-order valence-electron chi connectivity index (χ4n) is 1.13. The maximum atomic E-state index is 11.5. The third kappa shape index (κ3) is 3.65. The van der Waals surface area contributed by atoms with E-state index in [9.17, 15) is 14.7 Å². The van der Waals surface area contributed by atoms with Crippen LogP contribution in [0.4, 0.5) is 0 Å². The molecule has 0 radical (unpaired) electrons. The number of benzene rings is 1. The molecule has 5 heteroatoms. The zero-order valence-electron chi connectivity index (χ0n) is 9.50. The molecule has 0 aliphatic carbocycles. The number of carbonyl (C=O) groups excluding carboxylic acids is 2. The predicted octanol–water partition coefficient (Wildman–Crippen LogP) is 0.00700. The Morgan fingerprint density at radius 3 is 2.65 bits per heavy atom. The summed E-state index contributed by atoms with van der Waals surface area (Å²) < 4.78 is 4.90. The molecule has 3 N–H and O–H groups in total. The molecule has 17 heavy (non-hydrogen) atoms. The minimum absolute atomic E-state index is 0.0578. The van der Waals surface area contributed by atoms with E-state index in [2.05, 4.69) is 0 Å². The standard InChI is InChI=1S/C12H15NO4/c1-12(16,8-14)10(13)11(15)17-7-9-5-3-2-4-6-9/h2-6,8,10,16H,7,13H2,1H3. The number of aldehydes is 1. The minimum Gasteiger partial charge on any atom is -0.460 e. The number of carbonyl (C=O) groups is 2. The lowest BCUT2D eigenvalue weighted by Gasteiger charge is -2.22. The molecule has 1 aromatic rings. The molecule has 0 aromatic heterocycles. The maximum Gasteiger partial charge on any atom is 0.326 e. The van der Waals surface area contributed by atoms with Gasteiger partial charge in [-0.1, -0.05) is 30.3 Å². The molecule has 1 aromatic carbocycles. The van der Waals surface area contributed by atoms with Crippen molar-refractivity contribution in [2.45, 2.75) is 25.2 Å². The molecule has 0 bridgehead atoms. The van der Waals surface area contributed by atoms with Gasteiger partial charge < -0.3 is 20.4 Å². The summed E-state index contributed by atoms with van der Waals surface area (Å²) in [5.74, 6) is -0.814. The molecule has 0 saturated heterocycles. The zero-order chi connectivity index (χ0) is 12.9. The number of ether oxygens (including phenoxy) is 1. The lowest BCUT2D eigenvalue weighted by molar-refractivity contribution is -0.154. The number of aliphatic hydroxyl groups is 1. The molecule has 0 spiro atoms. The van der Waals surface area contributed by atoms with E-state index in [1.54, 1.807) is 12.1 Å². The number of esters is 1. The fourth-order valence-corrected chi connectivity index (χ4v) is 1.13. The van der Waals surface area contributed by atoms with Gasteiger partial charge in [0.05, 0.1) is 0 Å². The monoisotopic (exact) mass is 237 g/mol. The second-order valence-corrected chi connectivity index (χ2v) is 3.91. The molecule has 5 nitrogen and oxygen atoms in total. The van der Waals surface area contributed by atoms with Crippen LogP contribution in [0.3, 0.4) is 0 Å². The van der Waals surface area contributed by atoms with E-state index in [1.165, 1.54) is 0 Å². The van der Waals surface area contributed by atoms with Crippen LogP contribution in [0.1, 0.15) is 12.5 Å². The van der Waals surface area contributed by atoms with Gasteiger partial charge in [0.2, 0.25) is 0 Å². The van der Waals surface area contributed by atoms with E-state index in [1.807, 2.05) is 18.2 Å². The number of hydrogen-bond donors (Lipinski definition) is 2. The topological polar surface area (TPSA) is 89.6 Å². The summed E-state index contributed by atoms with van der Waals surface area (Å²) in [6.07, 6.45) is 0.224. The van der Waals surface area contributed by atoms with Crippen LogP contribution in [-0.4, -0.2) is 29.0 Å². The van der Waals surface area contributed by atoms with Crippen LogP contribution >= 0.6 is 0 Å². The SMILES string of the molecule is CC(O)(C=O)C(N)C(=O)OCc1ccccc1. The van der Waals surface area contributed by atoms with E-state index in [4.69, 9.17) is 10.5 Å². The molecule has 92 valence electrons. The van der Waals surface area contributed by atoms with Crippen LogP contribution < -0.4 is 5.73 Å². The number of hydrogen-bond acceptors (Lipinski definition) is 5. The second-order valence-electron chi connectivity index (χ2n) is 3.91. The third-order valence-electron chi connectivity index (χ3n) is 2.35. The summed E-state index contributed by atoms with van der Waals surface area (Å²) in [5, 5.41) is 9.47. The largest absolute Gasteiger partial charge is 0.460 e. The first kappa shape index (κ1) is 13.3. The predicted molar refractivity (Wildman–Crippen MR) is 60.9 cm³/mol. The van der Waals surface area contributed by atoms with Crippen molar-refractivity contribution in [3.63, 3.8) is 0 Å². The second kappa shape index (κ2) is 5.56. The molecule has 0 aliphatic rings. The molecule has 0 heterocycles. The normalized spacial score (nSPS) is 15.7. The average molecular weight is 237 g/mol. The van der Waals surface area contributed by atoms with Crippen molar-refractivity contribution in [2.24, 2.45) is 5.73 Å². The van der Waals surface area contributed by atoms with Crippen molar-refractivity contribution in [2.75, 3.05) is 0 Å². The summed E-state index contributed by atoms with van der Waals surface area (Å²) in [4.78, 5) is 22.0. The summed E-state index contributed by atoms with van der Waals surface area (Å²) in [6.45, 7) is 1.22. The van der Waals surface area contributed by atoms with Gasteiger partial charge in [-0.25, -0.2) is 0 Å². The molecule has 2 atom stereocenters. The van der Waals surface area contributed by atoms with Gasteiger partial charge in [-0.05, 0) is 12.5 Å². The Kier molecular flexibility index (Phi) is 4.37. The van der Waals surface area contributed by atoms with Crippen molar-refractivity contribution in [3.8, 4) is 0 Å². The Morgan fingerprint density at radius 2 is 2.12 bits per heavy atom. The lowest BCUT2D eigenvalue weighted by Crippen LogP contribution is -2.52. The molecule has 0 saturated carbocycles. The first-order valence-corrected chi connectivity index (χ1v) is 5.12. The number of nitrogens with two attached hydrogens (primary N) is 1. The molecular weight excluding hydrogens is 222 g/mol. The molecule has 1 rings (SSSR count). The van der Waals surface area contributed by atoms with Crippen LogP contribution in [0.2, 0.25) is 0 Å². The highest BCUT2D eigenvalue weighted by atomic mass is 16.5. The van der Waals surface area contributed by atoms with Crippen molar-refractivity contribution >= 4 is 12.3 Å². The van der Waals surface area contributed by atoms with Crippen LogP contribution in [-0.2, 0) is 20.9 Å². The summed E-state index contributed by atoms with van der Waals surface area (Å²) in [6, 6.07) is 7.65.